The van der Waals surface area contributed by atoms with Crippen LogP contribution in [-0.2, 0) is 4.79 Å². The van der Waals surface area contributed by atoms with E-state index in [1.54, 1.807) is 24.3 Å². The molecular formula is C17H13N3O2S. The molecule has 0 radical (unpaired) electrons. The Kier molecular flexibility index (Phi) is 4.44. The Bertz CT molecular complexity index is 829. The zero-order valence-corrected chi connectivity index (χ0v) is 12.8. The summed E-state index contributed by atoms with van der Waals surface area (Å²) in [7, 11) is 0. The highest BCUT2D eigenvalue weighted by molar-refractivity contribution is 7.14. The van der Waals surface area contributed by atoms with Crippen molar-refractivity contribution in [1.29, 1.82) is 0 Å². The lowest BCUT2D eigenvalue weighted by Crippen LogP contribution is -2.16. The molecule has 0 atom stereocenters. The minimum Gasteiger partial charge on any atom is -0.476 e. The fraction of sp³-hybridized carbons (Fsp3) is 0. The molecule has 0 fully saturated rings. The zero-order valence-electron chi connectivity index (χ0n) is 12.0. The average Bonchev–Trinajstić information content (AvgIpc) is 3.05. The molecule has 6 heteroatoms. The second-order valence-corrected chi connectivity index (χ2v) is 5.51. The number of aromatic nitrogens is 1. The number of nitrogens with one attached hydrogen (secondary N) is 1. The van der Waals surface area contributed by atoms with E-state index in [4.69, 9.17) is 0 Å². The average molecular weight is 323 g/mol. The van der Waals surface area contributed by atoms with Crippen LogP contribution in [-0.4, -0.2) is 21.8 Å². The maximum Gasteiger partial charge on any atom is 0.356 e. The predicted octanol–water partition coefficient (Wildman–Crippen LogP) is 3.71. The predicted molar refractivity (Wildman–Crippen MR) is 91.8 cm³/mol. The molecule has 114 valence electrons. The molecule has 3 aromatic rings. The lowest BCUT2D eigenvalue weighted by Gasteiger charge is -2.01. The van der Waals surface area contributed by atoms with E-state index in [0.29, 0.717) is 10.7 Å². The van der Waals surface area contributed by atoms with E-state index in [0.717, 1.165) is 11.3 Å². The molecule has 0 aliphatic rings. The Morgan fingerprint density at radius 1 is 1.04 bits per heavy atom. The van der Waals surface area contributed by atoms with Gasteiger partial charge in [0.15, 0.2) is 5.71 Å². The number of hydrogen-bond donors (Lipinski definition) is 2. The summed E-state index contributed by atoms with van der Waals surface area (Å²) < 4.78 is 0. The van der Waals surface area contributed by atoms with Crippen molar-refractivity contribution in [2.45, 2.75) is 0 Å². The molecule has 1 heterocycles. The topological polar surface area (TPSA) is 74.6 Å². The van der Waals surface area contributed by atoms with E-state index in [2.05, 4.69) is 15.5 Å². The van der Waals surface area contributed by atoms with E-state index in [9.17, 15) is 9.90 Å². The van der Waals surface area contributed by atoms with Crippen LogP contribution in [0.5, 0.6) is 0 Å². The number of aliphatic carboxylic acids is 1. The van der Waals surface area contributed by atoms with E-state index in [1.165, 1.54) is 11.3 Å². The molecule has 0 saturated heterocycles. The summed E-state index contributed by atoms with van der Waals surface area (Å²) in [5, 5.41) is 15.7. The molecule has 0 bridgehead atoms. The highest BCUT2D eigenvalue weighted by Crippen LogP contribution is 2.24. The Morgan fingerprint density at radius 2 is 1.70 bits per heavy atom. The largest absolute Gasteiger partial charge is 0.476 e. The number of carboxylic acid groups (broad SMARTS) is 1. The molecule has 0 unspecified atom stereocenters. The standard InChI is InChI=1S/C17H13N3O2S/c21-16(22)15(13-9-5-2-6-10-13)19-20-17-18-14(11-23-17)12-7-3-1-4-8-12/h1-11H,(H,18,20)(H,21,22). The Morgan fingerprint density at radius 3 is 2.35 bits per heavy atom. The monoisotopic (exact) mass is 323 g/mol. The SMILES string of the molecule is O=C(O)C(=NNc1nc(-c2ccccc2)cs1)c1ccccc1. The normalized spacial score (nSPS) is 11.2. The lowest BCUT2D eigenvalue weighted by molar-refractivity contribution is -0.129. The number of benzene rings is 2. The summed E-state index contributed by atoms with van der Waals surface area (Å²) in [6.45, 7) is 0. The molecule has 0 saturated carbocycles. The molecule has 0 aliphatic heterocycles. The van der Waals surface area contributed by atoms with E-state index in [1.807, 2.05) is 41.8 Å². The lowest BCUT2D eigenvalue weighted by atomic mass is 10.1. The molecule has 0 amide bonds. The molecule has 5 nitrogen and oxygen atoms in total. The maximum atomic E-state index is 11.4. The van der Waals surface area contributed by atoms with Gasteiger partial charge in [0.1, 0.15) is 0 Å². The smallest absolute Gasteiger partial charge is 0.356 e. The quantitative estimate of drug-likeness (QED) is 0.554. The van der Waals surface area contributed by atoms with Crippen molar-refractivity contribution >= 4 is 28.1 Å². The first-order chi connectivity index (χ1) is 11.2. The second-order valence-electron chi connectivity index (χ2n) is 4.65. The summed E-state index contributed by atoms with van der Waals surface area (Å²) in [6, 6.07) is 18.5. The van der Waals surface area contributed by atoms with Crippen LogP contribution in [0, 0.1) is 0 Å². The van der Waals surface area contributed by atoms with Crippen LogP contribution in [0.4, 0.5) is 5.13 Å². The molecule has 2 aromatic carbocycles. The van der Waals surface area contributed by atoms with Crippen molar-refractivity contribution in [3.8, 4) is 11.3 Å². The summed E-state index contributed by atoms with van der Waals surface area (Å²) >= 11 is 1.37. The van der Waals surface area contributed by atoms with Crippen LogP contribution >= 0.6 is 11.3 Å². The van der Waals surface area contributed by atoms with Crippen molar-refractivity contribution in [3.05, 3.63) is 71.6 Å². The van der Waals surface area contributed by atoms with E-state index < -0.39 is 5.97 Å². The number of nitrogens with zero attached hydrogens (tertiary/aromatic N) is 2. The molecule has 3 rings (SSSR count). The number of thiazole rings is 1. The number of carboxylic acids is 1. The molecule has 0 spiro atoms. The van der Waals surface area contributed by atoms with Gasteiger partial charge < -0.3 is 5.11 Å². The number of anilines is 1. The van der Waals surface area contributed by atoms with Crippen molar-refractivity contribution in [2.24, 2.45) is 5.10 Å². The summed E-state index contributed by atoms with van der Waals surface area (Å²) in [6.07, 6.45) is 0. The Labute approximate surface area is 137 Å². The van der Waals surface area contributed by atoms with Crippen molar-refractivity contribution < 1.29 is 9.90 Å². The van der Waals surface area contributed by atoms with Gasteiger partial charge in [-0.15, -0.1) is 11.3 Å². The minimum absolute atomic E-state index is 0.0536. The maximum absolute atomic E-state index is 11.4. The van der Waals surface area contributed by atoms with Crippen LogP contribution in [0.25, 0.3) is 11.3 Å². The third-order valence-corrected chi connectivity index (χ3v) is 3.83. The van der Waals surface area contributed by atoms with E-state index in [-0.39, 0.29) is 5.71 Å². The second kappa shape index (κ2) is 6.85. The van der Waals surface area contributed by atoms with Crippen LogP contribution in [0.2, 0.25) is 0 Å². The minimum atomic E-state index is -1.09. The fourth-order valence-corrected chi connectivity index (χ4v) is 2.66. The van der Waals surface area contributed by atoms with Crippen molar-refractivity contribution in [1.82, 2.24) is 4.98 Å². The Hall–Kier alpha value is -2.99. The van der Waals surface area contributed by atoms with Gasteiger partial charge in [-0.1, -0.05) is 60.7 Å². The number of rotatable bonds is 5. The summed E-state index contributed by atoms with van der Waals surface area (Å²) in [5.41, 5.74) is 5.04. The highest BCUT2D eigenvalue weighted by atomic mass is 32.1. The molecular weight excluding hydrogens is 310 g/mol. The first-order valence-electron chi connectivity index (χ1n) is 6.87. The molecule has 1 aromatic heterocycles. The van der Waals surface area contributed by atoms with Gasteiger partial charge in [-0.05, 0) is 0 Å². The van der Waals surface area contributed by atoms with Crippen molar-refractivity contribution in [2.75, 3.05) is 5.43 Å². The van der Waals surface area contributed by atoms with Gasteiger partial charge >= 0.3 is 5.97 Å². The first kappa shape index (κ1) is 14.9. The van der Waals surface area contributed by atoms with Gasteiger partial charge in [0.25, 0.3) is 0 Å². The van der Waals surface area contributed by atoms with Crippen LogP contribution in [0.15, 0.2) is 71.1 Å². The van der Waals surface area contributed by atoms with Gasteiger partial charge in [-0.25, -0.2) is 9.78 Å². The third-order valence-electron chi connectivity index (χ3n) is 3.09. The van der Waals surface area contributed by atoms with Gasteiger partial charge in [0.05, 0.1) is 5.69 Å². The summed E-state index contributed by atoms with van der Waals surface area (Å²) in [5.74, 6) is -1.09. The van der Waals surface area contributed by atoms with Crippen LogP contribution < -0.4 is 5.43 Å². The fourth-order valence-electron chi connectivity index (χ4n) is 2.00. The number of hydrogen-bond acceptors (Lipinski definition) is 5. The van der Waals surface area contributed by atoms with E-state index >= 15 is 0 Å². The summed E-state index contributed by atoms with van der Waals surface area (Å²) in [4.78, 5) is 15.8. The van der Waals surface area contributed by atoms with Gasteiger partial charge in [-0.3, -0.25) is 5.43 Å². The number of carbonyl (C=O) groups is 1. The van der Waals surface area contributed by atoms with Gasteiger partial charge in [-0.2, -0.15) is 5.10 Å². The van der Waals surface area contributed by atoms with Crippen LogP contribution in [0.3, 0.4) is 0 Å². The van der Waals surface area contributed by atoms with Crippen LogP contribution in [0.1, 0.15) is 5.56 Å². The first-order valence-corrected chi connectivity index (χ1v) is 7.75. The van der Waals surface area contributed by atoms with Gasteiger partial charge in [0, 0.05) is 16.5 Å². The highest BCUT2D eigenvalue weighted by Gasteiger charge is 2.12. The molecule has 2 N–H and O–H groups in total. The number of hydrazone groups is 1. The van der Waals surface area contributed by atoms with Gasteiger partial charge in [0.2, 0.25) is 5.13 Å². The zero-order chi connectivity index (χ0) is 16.1. The van der Waals surface area contributed by atoms with Crippen molar-refractivity contribution in [3.63, 3.8) is 0 Å². The molecule has 23 heavy (non-hydrogen) atoms. The third kappa shape index (κ3) is 3.61. The Balaban J connectivity index is 1.81. The molecule has 0 aliphatic carbocycles.